The number of para-hydroxylation sites is 1. The lowest BCUT2D eigenvalue weighted by atomic mass is 10.2. The summed E-state index contributed by atoms with van der Waals surface area (Å²) in [6.45, 7) is 0. The van der Waals surface area contributed by atoms with Gasteiger partial charge in [-0.3, -0.25) is 10.1 Å². The predicted octanol–water partition coefficient (Wildman–Crippen LogP) is 2.92. The van der Waals surface area contributed by atoms with Gasteiger partial charge in [0.2, 0.25) is 5.91 Å². The van der Waals surface area contributed by atoms with E-state index in [1.165, 1.54) is 12.1 Å². The van der Waals surface area contributed by atoms with Crippen molar-refractivity contribution in [2.24, 2.45) is 0 Å². The van der Waals surface area contributed by atoms with Crippen LogP contribution in [0, 0.1) is 0 Å². The molecule has 0 heterocycles. The highest BCUT2D eigenvalue weighted by atomic mass is 32.1. The normalized spacial score (nSPS) is 10.3. The maximum atomic E-state index is 11.9. The van der Waals surface area contributed by atoms with Gasteiger partial charge in [-0.15, -0.1) is 0 Å². The Kier molecular flexibility index (Phi) is 6.25. The van der Waals surface area contributed by atoms with Crippen LogP contribution in [0.25, 0.3) is 6.08 Å². The zero-order chi connectivity index (χ0) is 18.2. The number of hydrogen-bond donors (Lipinski definition) is 3. The van der Waals surface area contributed by atoms with Crippen molar-refractivity contribution < 1.29 is 19.4 Å². The van der Waals surface area contributed by atoms with E-state index in [1.54, 1.807) is 43.5 Å². The standard InChI is InChI=1S/C18H16N2O4S/c1-24-13-9-6-12(7-10-13)8-11-16(21)20-18(25)19-15-5-3-2-4-14(15)17(22)23/h2-11H,1H3,(H,22,23)(H2,19,20,21,25)/b11-8+. The maximum Gasteiger partial charge on any atom is 0.337 e. The molecule has 1 amide bonds. The van der Waals surface area contributed by atoms with Crippen LogP contribution in [0.15, 0.2) is 54.6 Å². The topological polar surface area (TPSA) is 87.7 Å². The smallest absolute Gasteiger partial charge is 0.337 e. The fourth-order valence-electron chi connectivity index (χ4n) is 1.97. The van der Waals surface area contributed by atoms with Crippen LogP contribution in [0.5, 0.6) is 5.75 Å². The Bertz CT molecular complexity index is 816. The number of benzene rings is 2. The third kappa shape index (κ3) is 5.43. The predicted molar refractivity (Wildman–Crippen MR) is 99.8 cm³/mol. The largest absolute Gasteiger partial charge is 0.497 e. The molecular weight excluding hydrogens is 340 g/mol. The van der Waals surface area contributed by atoms with Gasteiger partial charge in [0.15, 0.2) is 5.11 Å². The molecule has 0 atom stereocenters. The van der Waals surface area contributed by atoms with Crippen molar-refractivity contribution >= 4 is 41.0 Å². The highest BCUT2D eigenvalue weighted by Crippen LogP contribution is 2.15. The molecule has 0 aliphatic carbocycles. The molecule has 2 aromatic carbocycles. The minimum atomic E-state index is -1.09. The molecule has 2 aromatic rings. The lowest BCUT2D eigenvalue weighted by molar-refractivity contribution is -0.115. The number of ether oxygens (including phenoxy) is 1. The highest BCUT2D eigenvalue weighted by Gasteiger charge is 2.10. The number of carbonyl (C=O) groups excluding carboxylic acids is 1. The molecule has 25 heavy (non-hydrogen) atoms. The fourth-order valence-corrected chi connectivity index (χ4v) is 2.18. The lowest BCUT2D eigenvalue weighted by Gasteiger charge is -2.10. The van der Waals surface area contributed by atoms with Crippen LogP contribution >= 0.6 is 12.2 Å². The average molecular weight is 356 g/mol. The number of rotatable bonds is 5. The van der Waals surface area contributed by atoms with Crippen molar-refractivity contribution in [1.82, 2.24) is 5.32 Å². The van der Waals surface area contributed by atoms with Gasteiger partial charge in [-0.05, 0) is 48.1 Å². The minimum absolute atomic E-state index is 0.0121. The molecular formula is C18H16N2O4S. The second-order valence-corrected chi connectivity index (χ2v) is 5.31. The molecule has 0 fully saturated rings. The number of thiocarbonyl (C=S) groups is 1. The second-order valence-electron chi connectivity index (χ2n) is 4.90. The number of nitrogens with one attached hydrogen (secondary N) is 2. The summed E-state index contributed by atoms with van der Waals surface area (Å²) in [5.41, 5.74) is 1.19. The number of carboxylic acids is 1. The molecule has 0 unspecified atom stereocenters. The highest BCUT2D eigenvalue weighted by molar-refractivity contribution is 7.80. The monoisotopic (exact) mass is 356 g/mol. The summed E-state index contributed by atoms with van der Waals surface area (Å²) in [7, 11) is 1.58. The Morgan fingerprint density at radius 1 is 1.12 bits per heavy atom. The van der Waals surface area contributed by atoms with Gasteiger partial charge in [-0.1, -0.05) is 24.3 Å². The number of carboxylic acid groups (broad SMARTS) is 1. The molecule has 0 saturated carbocycles. The van der Waals surface area contributed by atoms with Gasteiger partial charge in [0.05, 0.1) is 18.4 Å². The summed E-state index contributed by atoms with van der Waals surface area (Å²) in [4.78, 5) is 23.0. The van der Waals surface area contributed by atoms with Crippen molar-refractivity contribution in [3.05, 3.63) is 65.7 Å². The number of hydrogen-bond acceptors (Lipinski definition) is 4. The number of anilines is 1. The first-order chi connectivity index (χ1) is 12.0. The van der Waals surface area contributed by atoms with Crippen LogP contribution in [0.2, 0.25) is 0 Å². The molecule has 2 rings (SSSR count). The van der Waals surface area contributed by atoms with Crippen LogP contribution in [0.4, 0.5) is 5.69 Å². The molecule has 0 aliphatic heterocycles. The van der Waals surface area contributed by atoms with Gasteiger partial charge in [-0.2, -0.15) is 0 Å². The molecule has 3 N–H and O–H groups in total. The Balaban J connectivity index is 1.95. The minimum Gasteiger partial charge on any atom is -0.497 e. The summed E-state index contributed by atoms with van der Waals surface area (Å²) in [6, 6.07) is 13.5. The number of amides is 1. The van der Waals surface area contributed by atoms with Gasteiger partial charge in [0.25, 0.3) is 0 Å². The van der Waals surface area contributed by atoms with Crippen LogP contribution in [0.1, 0.15) is 15.9 Å². The van der Waals surface area contributed by atoms with Crippen molar-refractivity contribution in [3.63, 3.8) is 0 Å². The fraction of sp³-hybridized carbons (Fsp3) is 0.0556. The second kappa shape index (κ2) is 8.60. The maximum absolute atomic E-state index is 11.9. The number of aromatic carboxylic acids is 1. The molecule has 128 valence electrons. The molecule has 0 aliphatic rings. The quantitative estimate of drug-likeness (QED) is 0.564. The van der Waals surface area contributed by atoms with Crippen LogP contribution in [-0.2, 0) is 4.79 Å². The van der Waals surface area contributed by atoms with Gasteiger partial charge >= 0.3 is 5.97 Å². The van der Waals surface area contributed by atoms with Crippen LogP contribution in [-0.4, -0.2) is 29.2 Å². The van der Waals surface area contributed by atoms with E-state index < -0.39 is 11.9 Å². The summed E-state index contributed by atoms with van der Waals surface area (Å²) in [6.07, 6.45) is 2.96. The Morgan fingerprint density at radius 2 is 1.80 bits per heavy atom. The van der Waals surface area contributed by atoms with E-state index in [2.05, 4.69) is 10.6 Å². The molecule has 0 bridgehead atoms. The summed E-state index contributed by atoms with van der Waals surface area (Å²) in [5, 5.41) is 14.3. The van der Waals surface area contributed by atoms with Crippen molar-refractivity contribution in [1.29, 1.82) is 0 Å². The van der Waals surface area contributed by atoms with Gasteiger partial charge < -0.3 is 15.2 Å². The lowest BCUT2D eigenvalue weighted by Crippen LogP contribution is -2.33. The molecule has 0 saturated heterocycles. The third-order valence-corrected chi connectivity index (χ3v) is 3.39. The van der Waals surface area contributed by atoms with E-state index in [0.29, 0.717) is 5.69 Å². The van der Waals surface area contributed by atoms with Gasteiger partial charge in [0, 0.05) is 6.08 Å². The first kappa shape index (κ1) is 18.2. The van der Waals surface area contributed by atoms with Crippen LogP contribution < -0.4 is 15.4 Å². The Labute approximate surface area is 150 Å². The van der Waals surface area contributed by atoms with E-state index in [0.717, 1.165) is 11.3 Å². The Hall–Kier alpha value is -3.19. The molecule has 0 spiro atoms. The van der Waals surface area contributed by atoms with Crippen molar-refractivity contribution in [2.75, 3.05) is 12.4 Å². The average Bonchev–Trinajstić information content (AvgIpc) is 2.60. The number of methoxy groups -OCH3 is 1. The van der Waals surface area contributed by atoms with Crippen molar-refractivity contribution in [3.8, 4) is 5.75 Å². The van der Waals surface area contributed by atoms with E-state index in [-0.39, 0.29) is 10.7 Å². The first-order valence-electron chi connectivity index (χ1n) is 7.26. The molecule has 6 nitrogen and oxygen atoms in total. The van der Waals surface area contributed by atoms with E-state index in [1.807, 2.05) is 12.1 Å². The SMILES string of the molecule is COc1ccc(/C=C/C(=O)NC(=S)Nc2ccccc2C(=O)O)cc1. The third-order valence-electron chi connectivity index (χ3n) is 3.19. The summed E-state index contributed by atoms with van der Waals surface area (Å²) >= 11 is 5.04. The van der Waals surface area contributed by atoms with Gasteiger partial charge in [0.1, 0.15) is 5.75 Å². The van der Waals surface area contributed by atoms with Gasteiger partial charge in [-0.25, -0.2) is 4.79 Å². The zero-order valence-corrected chi connectivity index (χ0v) is 14.2. The van der Waals surface area contributed by atoms with E-state index >= 15 is 0 Å². The summed E-state index contributed by atoms with van der Waals surface area (Å²) < 4.78 is 5.06. The van der Waals surface area contributed by atoms with Crippen molar-refractivity contribution in [2.45, 2.75) is 0 Å². The molecule has 0 aromatic heterocycles. The molecule has 0 radical (unpaired) electrons. The molecule has 7 heteroatoms. The zero-order valence-electron chi connectivity index (χ0n) is 13.4. The van der Waals surface area contributed by atoms with E-state index in [4.69, 9.17) is 22.1 Å². The van der Waals surface area contributed by atoms with E-state index in [9.17, 15) is 9.59 Å². The summed E-state index contributed by atoms with van der Waals surface area (Å²) in [5.74, 6) is -0.790. The first-order valence-corrected chi connectivity index (χ1v) is 7.67. The number of carbonyl (C=O) groups is 2. The van der Waals surface area contributed by atoms with Crippen LogP contribution in [0.3, 0.4) is 0 Å². The Morgan fingerprint density at radius 3 is 2.44 bits per heavy atom.